The molecule has 0 fully saturated rings. The van der Waals surface area contributed by atoms with Crippen LogP contribution in [0.3, 0.4) is 0 Å². The van der Waals surface area contributed by atoms with Crippen LogP contribution in [0.1, 0.15) is 27.2 Å². The van der Waals surface area contributed by atoms with Gasteiger partial charge in [-0.2, -0.15) is 0 Å². The molecule has 0 aliphatic carbocycles. The SMILES string of the molecule is CC[N+](C)(CC)CCC(C)O. The molecule has 0 aliphatic heterocycles. The molecular weight excluding hydrogens is 138 g/mol. The maximum atomic E-state index is 9.10. The molecule has 11 heavy (non-hydrogen) atoms. The average molecular weight is 160 g/mol. The highest BCUT2D eigenvalue weighted by Crippen LogP contribution is 2.04. The quantitative estimate of drug-likeness (QED) is 0.600. The first-order valence-electron chi connectivity index (χ1n) is 4.55. The maximum absolute atomic E-state index is 9.10. The van der Waals surface area contributed by atoms with E-state index in [2.05, 4.69) is 20.9 Å². The van der Waals surface area contributed by atoms with E-state index in [1.165, 1.54) is 0 Å². The van der Waals surface area contributed by atoms with Gasteiger partial charge in [0, 0.05) is 6.42 Å². The predicted molar refractivity (Wildman–Crippen MR) is 48.4 cm³/mol. The highest BCUT2D eigenvalue weighted by atomic mass is 16.3. The number of quaternary nitrogens is 1. The molecule has 0 saturated heterocycles. The van der Waals surface area contributed by atoms with E-state index in [0.717, 1.165) is 30.5 Å². The maximum Gasteiger partial charge on any atom is 0.0809 e. The fourth-order valence-electron chi connectivity index (χ4n) is 1.04. The van der Waals surface area contributed by atoms with Gasteiger partial charge in [0.2, 0.25) is 0 Å². The number of aliphatic hydroxyl groups is 1. The minimum Gasteiger partial charge on any atom is -0.393 e. The van der Waals surface area contributed by atoms with Crippen molar-refractivity contribution in [1.82, 2.24) is 0 Å². The van der Waals surface area contributed by atoms with E-state index in [1.54, 1.807) is 0 Å². The number of rotatable bonds is 5. The van der Waals surface area contributed by atoms with Crippen LogP contribution in [-0.4, -0.2) is 42.4 Å². The molecule has 68 valence electrons. The third-order valence-electron chi connectivity index (χ3n) is 2.61. The Hall–Kier alpha value is -0.0800. The lowest BCUT2D eigenvalue weighted by atomic mass is 10.2. The molecule has 0 saturated carbocycles. The molecule has 0 aliphatic rings. The van der Waals surface area contributed by atoms with E-state index in [9.17, 15) is 0 Å². The van der Waals surface area contributed by atoms with Crippen LogP contribution >= 0.6 is 0 Å². The summed E-state index contributed by atoms with van der Waals surface area (Å²) in [5.41, 5.74) is 0. The fourth-order valence-corrected chi connectivity index (χ4v) is 1.04. The first kappa shape index (κ1) is 10.9. The smallest absolute Gasteiger partial charge is 0.0809 e. The molecule has 0 aromatic heterocycles. The molecule has 2 nitrogen and oxygen atoms in total. The normalized spacial score (nSPS) is 15.0. The lowest BCUT2D eigenvalue weighted by Crippen LogP contribution is -2.45. The Labute approximate surface area is 70.4 Å². The Balaban J connectivity index is 3.69. The molecule has 1 N–H and O–H groups in total. The van der Waals surface area contributed by atoms with Crippen LogP contribution in [0, 0.1) is 0 Å². The Morgan fingerprint density at radius 2 is 1.73 bits per heavy atom. The van der Waals surface area contributed by atoms with E-state index in [1.807, 2.05) is 6.92 Å². The van der Waals surface area contributed by atoms with Crippen LogP contribution in [0.4, 0.5) is 0 Å². The Kier molecular flexibility index (Phi) is 4.69. The predicted octanol–water partition coefficient (Wildman–Crippen LogP) is 1.24. The molecule has 1 unspecified atom stereocenters. The highest BCUT2D eigenvalue weighted by molar-refractivity contribution is 4.45. The van der Waals surface area contributed by atoms with E-state index in [-0.39, 0.29) is 6.10 Å². The van der Waals surface area contributed by atoms with Crippen molar-refractivity contribution in [2.24, 2.45) is 0 Å². The van der Waals surface area contributed by atoms with Gasteiger partial charge in [-0.05, 0) is 20.8 Å². The van der Waals surface area contributed by atoms with Crippen molar-refractivity contribution in [3.05, 3.63) is 0 Å². The first-order chi connectivity index (χ1) is 5.04. The Bertz CT molecular complexity index is 97.7. The summed E-state index contributed by atoms with van der Waals surface area (Å²) in [4.78, 5) is 0. The van der Waals surface area contributed by atoms with Gasteiger partial charge in [-0.15, -0.1) is 0 Å². The molecule has 1 atom stereocenters. The lowest BCUT2D eigenvalue weighted by Gasteiger charge is -2.32. The number of hydrogen-bond donors (Lipinski definition) is 1. The van der Waals surface area contributed by atoms with Crippen molar-refractivity contribution in [1.29, 1.82) is 0 Å². The van der Waals surface area contributed by atoms with Crippen molar-refractivity contribution in [3.63, 3.8) is 0 Å². The van der Waals surface area contributed by atoms with E-state index in [4.69, 9.17) is 5.11 Å². The molecule has 0 rings (SSSR count). The molecule has 0 amide bonds. The van der Waals surface area contributed by atoms with Gasteiger partial charge in [0.1, 0.15) is 0 Å². The van der Waals surface area contributed by atoms with Gasteiger partial charge in [0.15, 0.2) is 0 Å². The second-order valence-electron chi connectivity index (χ2n) is 3.61. The van der Waals surface area contributed by atoms with Crippen molar-refractivity contribution in [3.8, 4) is 0 Å². The van der Waals surface area contributed by atoms with Gasteiger partial charge in [0.05, 0.1) is 32.8 Å². The largest absolute Gasteiger partial charge is 0.393 e. The van der Waals surface area contributed by atoms with Gasteiger partial charge >= 0.3 is 0 Å². The Morgan fingerprint density at radius 3 is 2.00 bits per heavy atom. The second kappa shape index (κ2) is 4.73. The number of nitrogens with zero attached hydrogens (tertiary/aromatic N) is 1. The number of aliphatic hydroxyl groups excluding tert-OH is 1. The fraction of sp³-hybridized carbons (Fsp3) is 1.00. The molecule has 0 spiro atoms. The van der Waals surface area contributed by atoms with Crippen molar-refractivity contribution < 1.29 is 9.59 Å². The monoisotopic (exact) mass is 160 g/mol. The molecule has 0 aromatic rings. The van der Waals surface area contributed by atoms with E-state index < -0.39 is 0 Å². The molecule has 0 heterocycles. The van der Waals surface area contributed by atoms with Crippen molar-refractivity contribution in [2.75, 3.05) is 26.7 Å². The van der Waals surface area contributed by atoms with Gasteiger partial charge < -0.3 is 9.59 Å². The van der Waals surface area contributed by atoms with Gasteiger partial charge in [-0.1, -0.05) is 0 Å². The summed E-state index contributed by atoms with van der Waals surface area (Å²) in [5, 5.41) is 9.10. The molecule has 2 heteroatoms. The zero-order chi connectivity index (χ0) is 8.91. The van der Waals surface area contributed by atoms with Crippen LogP contribution < -0.4 is 0 Å². The summed E-state index contributed by atoms with van der Waals surface area (Å²) in [5.74, 6) is 0. The summed E-state index contributed by atoms with van der Waals surface area (Å²) in [7, 11) is 2.24. The van der Waals surface area contributed by atoms with E-state index >= 15 is 0 Å². The third-order valence-corrected chi connectivity index (χ3v) is 2.61. The molecule has 0 radical (unpaired) electrons. The zero-order valence-electron chi connectivity index (χ0n) is 8.30. The summed E-state index contributed by atoms with van der Waals surface area (Å²) < 4.78 is 1.07. The summed E-state index contributed by atoms with van der Waals surface area (Å²) in [6, 6.07) is 0. The first-order valence-corrected chi connectivity index (χ1v) is 4.55. The Morgan fingerprint density at radius 1 is 1.27 bits per heavy atom. The minimum atomic E-state index is -0.148. The van der Waals surface area contributed by atoms with Crippen LogP contribution in [0.5, 0.6) is 0 Å². The molecular formula is C9H22NO+. The third kappa shape index (κ3) is 4.38. The standard InChI is InChI=1S/C9H22NO/c1-5-10(4,6-2)8-7-9(3)11/h9,11H,5-8H2,1-4H3/q+1. The topological polar surface area (TPSA) is 20.2 Å². The summed E-state index contributed by atoms with van der Waals surface area (Å²) in [6.45, 7) is 9.66. The average Bonchev–Trinajstić information content (AvgIpc) is 2.00. The van der Waals surface area contributed by atoms with Gasteiger partial charge in [0.25, 0.3) is 0 Å². The number of hydrogen-bond acceptors (Lipinski definition) is 1. The van der Waals surface area contributed by atoms with Crippen LogP contribution in [0.15, 0.2) is 0 Å². The minimum absolute atomic E-state index is 0.148. The van der Waals surface area contributed by atoms with Crippen LogP contribution in [0.25, 0.3) is 0 Å². The molecule has 0 aromatic carbocycles. The lowest BCUT2D eigenvalue weighted by molar-refractivity contribution is -0.906. The van der Waals surface area contributed by atoms with Gasteiger partial charge in [-0.3, -0.25) is 0 Å². The van der Waals surface area contributed by atoms with Crippen molar-refractivity contribution >= 4 is 0 Å². The molecule has 0 bridgehead atoms. The zero-order valence-corrected chi connectivity index (χ0v) is 8.30. The van der Waals surface area contributed by atoms with Crippen LogP contribution in [-0.2, 0) is 0 Å². The highest BCUT2D eigenvalue weighted by Gasteiger charge is 2.16. The van der Waals surface area contributed by atoms with Crippen molar-refractivity contribution in [2.45, 2.75) is 33.3 Å². The summed E-state index contributed by atoms with van der Waals surface area (Å²) in [6.07, 6.45) is 0.767. The van der Waals surface area contributed by atoms with Crippen LogP contribution in [0.2, 0.25) is 0 Å². The second-order valence-corrected chi connectivity index (χ2v) is 3.61. The van der Waals surface area contributed by atoms with Gasteiger partial charge in [-0.25, -0.2) is 0 Å². The summed E-state index contributed by atoms with van der Waals surface area (Å²) >= 11 is 0. The van der Waals surface area contributed by atoms with E-state index in [0.29, 0.717) is 0 Å².